The molecular formula is C13H21NOS. The van der Waals surface area contributed by atoms with Crippen LogP contribution < -0.4 is 5.32 Å². The summed E-state index contributed by atoms with van der Waals surface area (Å²) in [5.74, 6) is 0.639. The monoisotopic (exact) mass is 239 g/mol. The molecule has 1 fully saturated rings. The maximum atomic E-state index is 5.87. The molecule has 1 N–H and O–H groups in total. The molecule has 0 aromatic carbocycles. The molecule has 0 saturated carbocycles. The minimum absolute atomic E-state index is 0.324. The van der Waals surface area contributed by atoms with Gasteiger partial charge in [0.25, 0.3) is 0 Å². The van der Waals surface area contributed by atoms with E-state index in [-0.39, 0.29) is 0 Å². The number of aryl methyl sites for hydroxylation is 1. The van der Waals surface area contributed by atoms with Gasteiger partial charge in [0.2, 0.25) is 0 Å². The van der Waals surface area contributed by atoms with Crippen molar-refractivity contribution in [2.24, 2.45) is 5.92 Å². The SMILES string of the molecule is Cc1ccc(C2OCCC2CNC(C)C)s1. The van der Waals surface area contributed by atoms with E-state index in [0.29, 0.717) is 18.1 Å². The van der Waals surface area contributed by atoms with Crippen LogP contribution in [0.25, 0.3) is 0 Å². The van der Waals surface area contributed by atoms with Crippen molar-refractivity contribution in [3.05, 3.63) is 21.9 Å². The van der Waals surface area contributed by atoms with Crippen LogP contribution in [0.3, 0.4) is 0 Å². The van der Waals surface area contributed by atoms with Gasteiger partial charge in [-0.2, -0.15) is 0 Å². The third kappa shape index (κ3) is 2.84. The highest BCUT2D eigenvalue weighted by Gasteiger charge is 2.30. The number of nitrogens with one attached hydrogen (secondary N) is 1. The second-order valence-corrected chi connectivity index (χ2v) is 6.17. The van der Waals surface area contributed by atoms with E-state index in [0.717, 1.165) is 13.2 Å². The van der Waals surface area contributed by atoms with E-state index in [1.807, 2.05) is 11.3 Å². The van der Waals surface area contributed by atoms with Crippen molar-refractivity contribution in [3.63, 3.8) is 0 Å². The first kappa shape index (κ1) is 12.1. The number of thiophene rings is 1. The highest BCUT2D eigenvalue weighted by Crippen LogP contribution is 2.37. The normalized spacial score (nSPS) is 25.5. The molecule has 1 saturated heterocycles. The molecule has 3 heteroatoms. The van der Waals surface area contributed by atoms with Gasteiger partial charge in [-0.05, 0) is 25.5 Å². The van der Waals surface area contributed by atoms with Crippen molar-refractivity contribution < 1.29 is 4.74 Å². The molecule has 0 bridgehead atoms. The Bertz CT molecular complexity index is 334. The summed E-state index contributed by atoms with van der Waals surface area (Å²) < 4.78 is 5.87. The lowest BCUT2D eigenvalue weighted by Gasteiger charge is -2.19. The Balaban J connectivity index is 1.98. The first-order chi connectivity index (χ1) is 7.66. The quantitative estimate of drug-likeness (QED) is 0.871. The van der Waals surface area contributed by atoms with Gasteiger partial charge in [0.05, 0.1) is 6.10 Å². The number of rotatable bonds is 4. The van der Waals surface area contributed by atoms with Crippen LogP contribution >= 0.6 is 11.3 Å². The number of hydrogen-bond donors (Lipinski definition) is 1. The van der Waals surface area contributed by atoms with Crippen molar-refractivity contribution in [2.45, 2.75) is 39.3 Å². The molecule has 1 aromatic heterocycles. The zero-order chi connectivity index (χ0) is 11.5. The van der Waals surface area contributed by atoms with Gasteiger partial charge in [-0.15, -0.1) is 11.3 Å². The maximum absolute atomic E-state index is 5.87. The summed E-state index contributed by atoms with van der Waals surface area (Å²) in [4.78, 5) is 2.77. The van der Waals surface area contributed by atoms with Crippen LogP contribution in [0.2, 0.25) is 0 Å². The van der Waals surface area contributed by atoms with Crippen molar-refractivity contribution in [1.82, 2.24) is 5.32 Å². The molecule has 2 nitrogen and oxygen atoms in total. The van der Waals surface area contributed by atoms with Gasteiger partial charge in [0.15, 0.2) is 0 Å². The Morgan fingerprint density at radius 3 is 2.94 bits per heavy atom. The Morgan fingerprint density at radius 2 is 2.31 bits per heavy atom. The van der Waals surface area contributed by atoms with Crippen LogP contribution in [0.15, 0.2) is 12.1 Å². The standard InChI is InChI=1S/C13H21NOS/c1-9(2)14-8-11-6-7-15-13(11)12-5-4-10(3)16-12/h4-5,9,11,13-14H,6-8H2,1-3H3. The summed E-state index contributed by atoms with van der Waals surface area (Å²) in [5, 5.41) is 3.52. The van der Waals surface area contributed by atoms with Crippen molar-refractivity contribution in [1.29, 1.82) is 0 Å². The first-order valence-electron chi connectivity index (χ1n) is 6.08. The van der Waals surface area contributed by atoms with Gasteiger partial charge in [0.1, 0.15) is 0 Å². The van der Waals surface area contributed by atoms with Crippen LogP contribution in [0.1, 0.15) is 36.1 Å². The van der Waals surface area contributed by atoms with E-state index >= 15 is 0 Å². The molecule has 2 heterocycles. The maximum Gasteiger partial charge on any atom is 0.0957 e. The minimum Gasteiger partial charge on any atom is -0.372 e. The van der Waals surface area contributed by atoms with E-state index in [9.17, 15) is 0 Å². The lowest BCUT2D eigenvalue weighted by atomic mass is 10.00. The number of hydrogen-bond acceptors (Lipinski definition) is 3. The predicted octanol–water partition coefficient (Wildman–Crippen LogP) is 3.13. The molecule has 90 valence electrons. The third-order valence-electron chi connectivity index (χ3n) is 3.04. The summed E-state index contributed by atoms with van der Waals surface area (Å²) in [5.41, 5.74) is 0. The van der Waals surface area contributed by atoms with Crippen molar-refractivity contribution in [2.75, 3.05) is 13.2 Å². The largest absolute Gasteiger partial charge is 0.372 e. The van der Waals surface area contributed by atoms with Crippen LogP contribution in [0.4, 0.5) is 0 Å². The van der Waals surface area contributed by atoms with Gasteiger partial charge in [0, 0.05) is 34.9 Å². The van der Waals surface area contributed by atoms with E-state index in [1.165, 1.54) is 16.2 Å². The highest BCUT2D eigenvalue weighted by molar-refractivity contribution is 7.12. The molecule has 16 heavy (non-hydrogen) atoms. The van der Waals surface area contributed by atoms with Crippen molar-refractivity contribution >= 4 is 11.3 Å². The molecule has 0 radical (unpaired) electrons. The van der Waals surface area contributed by atoms with E-state index in [1.54, 1.807) is 0 Å². The molecular weight excluding hydrogens is 218 g/mol. The zero-order valence-corrected chi connectivity index (χ0v) is 11.1. The highest BCUT2D eigenvalue weighted by atomic mass is 32.1. The molecule has 2 unspecified atom stereocenters. The molecule has 1 aliphatic rings. The summed E-state index contributed by atoms with van der Waals surface area (Å²) in [6, 6.07) is 4.97. The molecule has 2 atom stereocenters. The van der Waals surface area contributed by atoms with Crippen LogP contribution in [0.5, 0.6) is 0 Å². The molecule has 1 aromatic rings. The number of ether oxygens (including phenoxy) is 1. The fourth-order valence-corrected chi connectivity index (χ4v) is 3.17. The second-order valence-electron chi connectivity index (χ2n) is 4.85. The summed E-state index contributed by atoms with van der Waals surface area (Å²) in [6.45, 7) is 8.52. The average molecular weight is 239 g/mol. The molecule has 0 spiro atoms. The lowest BCUT2D eigenvalue weighted by molar-refractivity contribution is 0.0929. The predicted molar refractivity (Wildman–Crippen MR) is 69.0 cm³/mol. The van der Waals surface area contributed by atoms with Gasteiger partial charge in [-0.3, -0.25) is 0 Å². The average Bonchev–Trinajstić information content (AvgIpc) is 2.82. The molecule has 0 aliphatic carbocycles. The third-order valence-corrected chi connectivity index (χ3v) is 4.11. The van der Waals surface area contributed by atoms with Gasteiger partial charge in [-0.25, -0.2) is 0 Å². The summed E-state index contributed by atoms with van der Waals surface area (Å²) in [7, 11) is 0. The Hall–Kier alpha value is -0.380. The van der Waals surface area contributed by atoms with Crippen molar-refractivity contribution in [3.8, 4) is 0 Å². The fraction of sp³-hybridized carbons (Fsp3) is 0.692. The van der Waals surface area contributed by atoms with Gasteiger partial charge < -0.3 is 10.1 Å². The van der Waals surface area contributed by atoms with E-state index in [4.69, 9.17) is 4.74 Å². The zero-order valence-electron chi connectivity index (χ0n) is 10.3. The smallest absolute Gasteiger partial charge is 0.0957 e. The van der Waals surface area contributed by atoms with Gasteiger partial charge in [-0.1, -0.05) is 13.8 Å². The Morgan fingerprint density at radius 1 is 1.50 bits per heavy atom. The Labute approximate surface area is 102 Å². The molecule has 1 aliphatic heterocycles. The summed E-state index contributed by atoms with van der Waals surface area (Å²) in [6.07, 6.45) is 1.51. The second kappa shape index (κ2) is 5.30. The van der Waals surface area contributed by atoms with E-state index < -0.39 is 0 Å². The fourth-order valence-electron chi connectivity index (χ4n) is 2.15. The topological polar surface area (TPSA) is 21.3 Å². The van der Waals surface area contributed by atoms with Crippen LogP contribution in [-0.4, -0.2) is 19.2 Å². The molecule has 0 amide bonds. The van der Waals surface area contributed by atoms with E-state index in [2.05, 4.69) is 38.2 Å². The minimum atomic E-state index is 0.324. The van der Waals surface area contributed by atoms with Crippen LogP contribution in [0, 0.1) is 12.8 Å². The first-order valence-corrected chi connectivity index (χ1v) is 6.90. The Kier molecular flexibility index (Phi) is 4.00. The summed E-state index contributed by atoms with van der Waals surface area (Å²) >= 11 is 1.87. The van der Waals surface area contributed by atoms with Crippen LogP contribution in [-0.2, 0) is 4.74 Å². The molecule has 2 rings (SSSR count). The lowest BCUT2D eigenvalue weighted by Crippen LogP contribution is -2.30. The van der Waals surface area contributed by atoms with Gasteiger partial charge >= 0.3 is 0 Å².